The number of rotatable bonds is 8. The molecule has 0 amide bonds. The van der Waals surface area contributed by atoms with Crippen LogP contribution >= 0.6 is 0 Å². The van der Waals surface area contributed by atoms with Crippen molar-refractivity contribution in [3.8, 4) is 113 Å². The molecule has 0 fully saturated rings. The Bertz CT molecular complexity index is 9980. The lowest BCUT2D eigenvalue weighted by Crippen LogP contribution is -2.14. The number of oxazole rings is 1. The smallest absolute Gasteiger partial charge is 0.307 e. The standard InChI is InChI=1S/C43H31N3.C38H26N2O.C28H20N2O.C25H19N3/c1-43(2)34-19-11-9-17-32(34)40-35(43)25-26-39-41(40)33-18-10-12-20-38(33)46(39)31-23-21-30(22-24-31)42-44-36(28-13-5-3-6-14-28)27-37(45-42)29-15-7-4-8-16-29;1-38(2)29-15-6-3-11-27(29)35-30(38)19-20-32-36(35)28-12-4-7-16-31(28)40(32)34-21-18-23(22-39-34)24-13-9-14-26-25-10-5-8-17-33(25)41-37(24)26;1-28(2)19-11-5-3-9-17(19)25-20(28)15-16-23-26(25)18-10-4-7-13-22(18)30(23)27-29-21-12-6-8-14-24(21)31-27;1-25(2)18-10-5-3-8-16(18)22-19(25)12-13-21-23(22)17-9-4-6-11-20(17)28(21)24-26-14-7-15-27-24/h3-27H,1-2H3;3-22H,1-2H3;3-16H,1-2H3;3-15H,1-2H3. The molecule has 18 aromatic carbocycles. The number of hydrogen-bond acceptors (Lipinski definition) is 8. The first-order chi connectivity index (χ1) is 71.5. The Labute approximate surface area is 843 Å². The van der Waals surface area contributed by atoms with Gasteiger partial charge in [0.15, 0.2) is 11.4 Å². The summed E-state index contributed by atoms with van der Waals surface area (Å²) in [6.45, 7) is 18.7. The number of para-hydroxylation sites is 8. The van der Waals surface area contributed by atoms with Gasteiger partial charge in [0.1, 0.15) is 22.5 Å². The van der Waals surface area contributed by atoms with Crippen LogP contribution in [0.1, 0.15) is 99.9 Å². The summed E-state index contributed by atoms with van der Waals surface area (Å²) in [5.41, 5.74) is 42.7. The molecule has 4 aliphatic rings. The summed E-state index contributed by atoms with van der Waals surface area (Å²) in [7, 11) is 0. The van der Waals surface area contributed by atoms with Crippen molar-refractivity contribution in [3.63, 3.8) is 0 Å². The quantitative estimate of drug-likeness (QED) is 0.147. The van der Waals surface area contributed by atoms with Crippen molar-refractivity contribution in [3.05, 3.63) is 482 Å². The molecule has 0 atom stereocenters. The Kier molecular flexibility index (Phi) is 19.2. The van der Waals surface area contributed by atoms with Crippen LogP contribution in [-0.4, -0.2) is 48.2 Å². The molecule has 27 aromatic rings. The summed E-state index contributed by atoms with van der Waals surface area (Å²) in [4.78, 5) is 29.0. The van der Waals surface area contributed by atoms with Gasteiger partial charge in [0.05, 0.1) is 55.5 Å². The van der Waals surface area contributed by atoms with Gasteiger partial charge in [0.2, 0.25) is 5.95 Å². The average Bonchev–Trinajstić information content (AvgIpc) is 1.55. The second-order valence-corrected chi connectivity index (χ2v) is 41.1. The fourth-order valence-corrected chi connectivity index (χ4v) is 24.8. The predicted octanol–water partition coefficient (Wildman–Crippen LogP) is 34.0. The Morgan fingerprint density at radius 2 is 0.603 bits per heavy atom. The summed E-state index contributed by atoms with van der Waals surface area (Å²) in [5.74, 6) is 2.33. The van der Waals surface area contributed by atoms with Crippen molar-refractivity contribution >= 4 is 120 Å². The molecule has 4 aliphatic carbocycles. The second-order valence-electron chi connectivity index (χ2n) is 41.1. The lowest BCUT2D eigenvalue weighted by atomic mass is 9.82. The summed E-state index contributed by atoms with van der Waals surface area (Å²) >= 11 is 0. The number of hydrogen-bond donors (Lipinski definition) is 0. The van der Waals surface area contributed by atoms with E-state index in [4.69, 9.17) is 28.8 Å². The van der Waals surface area contributed by atoms with Crippen LogP contribution in [0.25, 0.3) is 233 Å². The number of fused-ring (bicyclic) bond motifs is 32. The van der Waals surface area contributed by atoms with Crippen LogP contribution in [0.15, 0.2) is 446 Å². The Balaban J connectivity index is 0.0000000959. The summed E-state index contributed by atoms with van der Waals surface area (Å²) in [5, 5.41) is 12.4. The lowest BCUT2D eigenvalue weighted by molar-refractivity contribution is 0.574. The maximum atomic E-state index is 6.31. The first kappa shape index (κ1) is 85.7. The monoisotopic (exact) mass is 1880 g/mol. The minimum atomic E-state index is -0.0438. The zero-order valence-corrected chi connectivity index (χ0v) is 81.9. The molecule has 12 heteroatoms. The summed E-state index contributed by atoms with van der Waals surface area (Å²) < 4.78 is 21.6. The number of pyridine rings is 1. The van der Waals surface area contributed by atoms with Crippen LogP contribution in [0.3, 0.4) is 0 Å². The zero-order chi connectivity index (χ0) is 97.7. The maximum Gasteiger partial charge on any atom is 0.307 e. The molecule has 694 valence electrons. The molecule has 0 bridgehead atoms. The average molecular weight is 1880 g/mol. The van der Waals surface area contributed by atoms with Crippen molar-refractivity contribution in [2.24, 2.45) is 0 Å². The van der Waals surface area contributed by atoms with E-state index in [1.54, 1.807) is 12.4 Å². The maximum absolute atomic E-state index is 6.31. The SMILES string of the molecule is CC1(C)c2ccccc2-c2c1ccc1c2c2ccccc2n1-c1ccc(-c2cccc3c2oc2ccccc23)cn1.CC1(C)c2ccccc2-c2c1ccc1c2c2ccccc2n1-c1ccc(-c2nc(-c3ccccc3)cc(-c3ccccc3)n2)cc1.CC1(C)c2ccccc2-c2c1ccc1c2c2ccccc2n1-c1nc2ccccc2o1.CC1(C)c2ccccc2-c2c1ccc1c2c2ccccc2n1-c1ncccn1. The van der Waals surface area contributed by atoms with Crippen molar-refractivity contribution in [2.75, 3.05) is 0 Å². The molecule has 0 unspecified atom stereocenters. The van der Waals surface area contributed by atoms with E-state index in [1.165, 1.54) is 149 Å². The van der Waals surface area contributed by atoms with Gasteiger partial charge in [-0.3, -0.25) is 13.7 Å². The second kappa shape index (κ2) is 32.6. The largest absolute Gasteiger partial charge is 0.455 e. The van der Waals surface area contributed by atoms with Crippen molar-refractivity contribution < 1.29 is 8.83 Å². The molecule has 0 aliphatic heterocycles. The van der Waals surface area contributed by atoms with Crippen LogP contribution in [0, 0.1) is 0 Å². The minimum absolute atomic E-state index is 0.00737. The fraction of sp³-hybridized carbons (Fsp3) is 0.0896. The zero-order valence-electron chi connectivity index (χ0n) is 81.9. The molecule has 9 aromatic heterocycles. The van der Waals surface area contributed by atoms with Crippen LogP contribution in [-0.2, 0) is 21.7 Å². The van der Waals surface area contributed by atoms with E-state index in [9.17, 15) is 0 Å². The van der Waals surface area contributed by atoms with Gasteiger partial charge in [0, 0.05) is 128 Å². The van der Waals surface area contributed by atoms with Gasteiger partial charge < -0.3 is 13.4 Å². The van der Waals surface area contributed by atoms with Crippen LogP contribution in [0.2, 0.25) is 0 Å². The molecule has 0 saturated carbocycles. The topological polar surface area (TPSA) is 123 Å². The number of benzene rings is 18. The molecule has 0 N–H and O–H groups in total. The van der Waals surface area contributed by atoms with E-state index in [1.807, 2.05) is 60.8 Å². The predicted molar refractivity (Wildman–Crippen MR) is 599 cm³/mol. The van der Waals surface area contributed by atoms with Crippen molar-refractivity contribution in [1.82, 2.24) is 48.2 Å². The Morgan fingerprint density at radius 1 is 0.233 bits per heavy atom. The van der Waals surface area contributed by atoms with Crippen LogP contribution < -0.4 is 0 Å². The van der Waals surface area contributed by atoms with Gasteiger partial charge in [-0.2, -0.15) is 4.98 Å². The highest BCUT2D eigenvalue weighted by Crippen LogP contribution is 2.59. The summed E-state index contributed by atoms with van der Waals surface area (Å²) in [6, 6.07) is 149. The van der Waals surface area contributed by atoms with Crippen LogP contribution in [0.4, 0.5) is 0 Å². The highest BCUT2D eigenvalue weighted by atomic mass is 16.4. The van der Waals surface area contributed by atoms with Gasteiger partial charge in [-0.15, -0.1) is 0 Å². The van der Waals surface area contributed by atoms with Crippen molar-refractivity contribution in [2.45, 2.75) is 77.0 Å². The molecule has 9 heterocycles. The fourth-order valence-electron chi connectivity index (χ4n) is 24.8. The number of furan rings is 1. The Morgan fingerprint density at radius 3 is 1.07 bits per heavy atom. The molecule has 0 radical (unpaired) electrons. The van der Waals surface area contributed by atoms with E-state index in [2.05, 4.69) is 448 Å². The van der Waals surface area contributed by atoms with E-state index >= 15 is 0 Å². The van der Waals surface area contributed by atoms with Gasteiger partial charge in [-0.1, -0.05) is 359 Å². The molecule has 31 rings (SSSR count). The molecule has 12 nitrogen and oxygen atoms in total. The first-order valence-corrected chi connectivity index (χ1v) is 50.3. The minimum Gasteiger partial charge on any atom is -0.455 e. The van der Waals surface area contributed by atoms with Gasteiger partial charge in [0.25, 0.3) is 0 Å². The van der Waals surface area contributed by atoms with E-state index in [0.717, 1.165) is 111 Å². The third-order valence-corrected chi connectivity index (χ3v) is 31.7. The first-order valence-electron chi connectivity index (χ1n) is 50.3. The number of aromatic nitrogens is 10. The Hall–Kier alpha value is -18.3. The molecular weight excluding hydrogens is 1780 g/mol. The molecule has 146 heavy (non-hydrogen) atoms. The van der Waals surface area contributed by atoms with Crippen molar-refractivity contribution in [1.29, 1.82) is 0 Å². The highest BCUT2D eigenvalue weighted by molar-refractivity contribution is 6.22. The number of nitrogens with zero attached hydrogens (tertiary/aromatic N) is 10. The molecule has 0 saturated heterocycles. The van der Waals surface area contributed by atoms with E-state index in [0.29, 0.717) is 17.8 Å². The normalized spacial score (nSPS) is 13.8. The van der Waals surface area contributed by atoms with E-state index < -0.39 is 0 Å². The van der Waals surface area contributed by atoms with Crippen LogP contribution in [0.5, 0.6) is 0 Å². The highest BCUT2D eigenvalue weighted by Gasteiger charge is 2.43. The lowest BCUT2D eigenvalue weighted by Gasteiger charge is -2.21. The van der Waals surface area contributed by atoms with Gasteiger partial charge in [-0.05, 0) is 204 Å². The molecule has 0 spiro atoms. The van der Waals surface area contributed by atoms with Gasteiger partial charge >= 0.3 is 6.01 Å². The third kappa shape index (κ3) is 12.9. The third-order valence-electron chi connectivity index (χ3n) is 31.7. The van der Waals surface area contributed by atoms with E-state index in [-0.39, 0.29) is 21.7 Å². The summed E-state index contributed by atoms with van der Waals surface area (Å²) in [6.07, 6.45) is 5.58. The molecular formula is C134H96N10O2. The van der Waals surface area contributed by atoms with Gasteiger partial charge in [-0.25, -0.2) is 24.9 Å².